The van der Waals surface area contributed by atoms with Gasteiger partial charge in [0, 0.05) is 13.1 Å². The third-order valence-electron chi connectivity index (χ3n) is 4.14. The summed E-state index contributed by atoms with van der Waals surface area (Å²) in [6, 6.07) is 5.56. The molecule has 0 aromatic heterocycles. The van der Waals surface area contributed by atoms with Crippen molar-refractivity contribution in [2.45, 2.75) is 19.3 Å². The van der Waals surface area contributed by atoms with Gasteiger partial charge in [-0.15, -0.1) is 6.58 Å². The molecule has 1 aliphatic heterocycles. The fourth-order valence-corrected chi connectivity index (χ4v) is 2.79. The van der Waals surface area contributed by atoms with Gasteiger partial charge in [-0.25, -0.2) is 0 Å². The second-order valence-electron chi connectivity index (χ2n) is 5.85. The van der Waals surface area contributed by atoms with Crippen LogP contribution in [0.15, 0.2) is 30.9 Å². The van der Waals surface area contributed by atoms with Gasteiger partial charge < -0.3 is 20.1 Å². The lowest BCUT2D eigenvalue weighted by molar-refractivity contribution is -0.136. The van der Waals surface area contributed by atoms with E-state index in [1.807, 2.05) is 18.2 Å². The first kappa shape index (κ1) is 17.8. The molecule has 0 bridgehead atoms. The number of ether oxygens (including phenoxy) is 2. The molecule has 0 saturated carbocycles. The normalized spacial score (nSPS) is 17.2. The van der Waals surface area contributed by atoms with Crippen molar-refractivity contribution in [3.05, 3.63) is 36.4 Å². The standard InChI is InChI=1S/C18H24N2O4/c1-3-5-13-7-8-15(16(10-13)23-2)24-12-17(21)20-9-4-6-14(11-20)18(19)22/h3,7-8,10,14H,1,4-6,9,11-12H2,2H3,(H2,19,22). The summed E-state index contributed by atoms with van der Waals surface area (Å²) in [5, 5.41) is 0. The average Bonchev–Trinajstić information content (AvgIpc) is 2.60. The van der Waals surface area contributed by atoms with Crippen LogP contribution in [0.5, 0.6) is 11.5 Å². The number of carbonyl (C=O) groups excluding carboxylic acids is 2. The zero-order chi connectivity index (χ0) is 17.5. The van der Waals surface area contributed by atoms with Crippen LogP contribution in [-0.2, 0) is 16.0 Å². The quantitative estimate of drug-likeness (QED) is 0.768. The van der Waals surface area contributed by atoms with Crippen molar-refractivity contribution in [2.24, 2.45) is 11.7 Å². The number of amides is 2. The smallest absolute Gasteiger partial charge is 0.260 e. The summed E-state index contributed by atoms with van der Waals surface area (Å²) >= 11 is 0. The Morgan fingerprint density at radius 1 is 1.42 bits per heavy atom. The Balaban J connectivity index is 1.96. The molecule has 2 N–H and O–H groups in total. The van der Waals surface area contributed by atoms with Gasteiger partial charge in [0.2, 0.25) is 5.91 Å². The molecule has 6 nitrogen and oxygen atoms in total. The Hall–Kier alpha value is -2.50. The lowest BCUT2D eigenvalue weighted by Crippen LogP contribution is -2.45. The molecule has 1 atom stereocenters. The Morgan fingerprint density at radius 3 is 2.88 bits per heavy atom. The fourth-order valence-electron chi connectivity index (χ4n) is 2.79. The van der Waals surface area contributed by atoms with Crippen LogP contribution in [0.2, 0.25) is 0 Å². The molecule has 1 unspecified atom stereocenters. The van der Waals surface area contributed by atoms with Crippen molar-refractivity contribution in [3.63, 3.8) is 0 Å². The van der Waals surface area contributed by atoms with E-state index in [0.29, 0.717) is 24.6 Å². The van der Waals surface area contributed by atoms with Crippen LogP contribution in [0.3, 0.4) is 0 Å². The van der Waals surface area contributed by atoms with Crippen molar-refractivity contribution >= 4 is 11.8 Å². The third-order valence-corrected chi connectivity index (χ3v) is 4.14. The highest BCUT2D eigenvalue weighted by molar-refractivity contribution is 5.81. The first-order valence-electron chi connectivity index (χ1n) is 8.02. The Kier molecular flexibility index (Phi) is 6.23. The zero-order valence-corrected chi connectivity index (χ0v) is 14.0. The maximum Gasteiger partial charge on any atom is 0.260 e. The van der Waals surface area contributed by atoms with E-state index in [1.165, 1.54) is 0 Å². The molecule has 2 rings (SSSR count). The molecule has 2 amide bonds. The van der Waals surface area contributed by atoms with E-state index in [1.54, 1.807) is 18.1 Å². The fraction of sp³-hybridized carbons (Fsp3) is 0.444. The number of rotatable bonds is 7. The molecule has 1 fully saturated rings. The van der Waals surface area contributed by atoms with Crippen LogP contribution in [0.1, 0.15) is 18.4 Å². The third kappa shape index (κ3) is 4.50. The minimum absolute atomic E-state index is 0.0946. The van der Waals surface area contributed by atoms with Crippen LogP contribution in [0.4, 0.5) is 0 Å². The molecule has 0 radical (unpaired) electrons. The van der Waals surface area contributed by atoms with Gasteiger partial charge >= 0.3 is 0 Å². The van der Waals surface area contributed by atoms with E-state index in [0.717, 1.165) is 24.8 Å². The number of hydrogen-bond acceptors (Lipinski definition) is 4. The number of carbonyl (C=O) groups is 2. The first-order chi connectivity index (χ1) is 11.5. The van der Waals surface area contributed by atoms with Gasteiger partial charge in [0.15, 0.2) is 18.1 Å². The van der Waals surface area contributed by atoms with Crippen LogP contribution in [-0.4, -0.2) is 43.5 Å². The summed E-state index contributed by atoms with van der Waals surface area (Å²) in [6.07, 6.45) is 4.06. The average molecular weight is 332 g/mol. The van der Waals surface area contributed by atoms with Gasteiger partial charge in [0.25, 0.3) is 5.91 Å². The van der Waals surface area contributed by atoms with E-state index in [2.05, 4.69) is 6.58 Å². The second-order valence-corrected chi connectivity index (χ2v) is 5.85. The lowest BCUT2D eigenvalue weighted by Gasteiger charge is -2.31. The summed E-state index contributed by atoms with van der Waals surface area (Å²) in [4.78, 5) is 25.2. The van der Waals surface area contributed by atoms with Crippen LogP contribution in [0, 0.1) is 5.92 Å². The second kappa shape index (κ2) is 8.38. The maximum absolute atomic E-state index is 12.3. The van der Waals surface area contributed by atoms with Gasteiger partial charge in [-0.2, -0.15) is 0 Å². The van der Waals surface area contributed by atoms with E-state index in [4.69, 9.17) is 15.2 Å². The molecule has 1 saturated heterocycles. The van der Waals surface area contributed by atoms with Crippen molar-refractivity contribution in [3.8, 4) is 11.5 Å². The molecular weight excluding hydrogens is 308 g/mol. The highest BCUT2D eigenvalue weighted by Crippen LogP contribution is 2.28. The van der Waals surface area contributed by atoms with Gasteiger partial charge in [-0.05, 0) is 37.0 Å². The number of methoxy groups -OCH3 is 1. The number of piperidine rings is 1. The van der Waals surface area contributed by atoms with Gasteiger partial charge in [0.05, 0.1) is 13.0 Å². The molecule has 130 valence electrons. The molecule has 0 spiro atoms. The monoisotopic (exact) mass is 332 g/mol. The topological polar surface area (TPSA) is 81.9 Å². The Labute approximate surface area is 142 Å². The van der Waals surface area contributed by atoms with E-state index in [-0.39, 0.29) is 24.3 Å². The van der Waals surface area contributed by atoms with Gasteiger partial charge in [-0.1, -0.05) is 12.1 Å². The van der Waals surface area contributed by atoms with E-state index >= 15 is 0 Å². The van der Waals surface area contributed by atoms with Gasteiger partial charge in [0.1, 0.15) is 0 Å². The molecule has 0 aliphatic carbocycles. The largest absolute Gasteiger partial charge is 0.493 e. The molecule has 1 aliphatic rings. The number of allylic oxidation sites excluding steroid dienone is 1. The number of likely N-dealkylation sites (tertiary alicyclic amines) is 1. The zero-order valence-electron chi connectivity index (χ0n) is 14.0. The van der Waals surface area contributed by atoms with E-state index in [9.17, 15) is 9.59 Å². The highest BCUT2D eigenvalue weighted by atomic mass is 16.5. The summed E-state index contributed by atoms with van der Waals surface area (Å²) in [5.41, 5.74) is 6.40. The van der Waals surface area contributed by atoms with Crippen molar-refractivity contribution in [1.29, 1.82) is 0 Å². The van der Waals surface area contributed by atoms with E-state index < -0.39 is 0 Å². The molecule has 1 aromatic rings. The molecular formula is C18H24N2O4. The SMILES string of the molecule is C=CCc1ccc(OCC(=O)N2CCCC(C(N)=O)C2)c(OC)c1. The molecule has 1 aromatic carbocycles. The van der Waals surface area contributed by atoms with Crippen molar-refractivity contribution in [1.82, 2.24) is 4.90 Å². The minimum Gasteiger partial charge on any atom is -0.493 e. The van der Waals surface area contributed by atoms with Gasteiger partial charge in [-0.3, -0.25) is 9.59 Å². The number of primary amides is 1. The first-order valence-corrected chi connectivity index (χ1v) is 8.02. The van der Waals surface area contributed by atoms with Crippen LogP contribution >= 0.6 is 0 Å². The molecule has 6 heteroatoms. The predicted molar refractivity (Wildman–Crippen MR) is 90.9 cm³/mol. The molecule has 1 heterocycles. The number of nitrogens with zero attached hydrogens (tertiary/aromatic N) is 1. The lowest BCUT2D eigenvalue weighted by atomic mass is 9.97. The Morgan fingerprint density at radius 2 is 2.21 bits per heavy atom. The highest BCUT2D eigenvalue weighted by Gasteiger charge is 2.27. The Bertz CT molecular complexity index is 615. The maximum atomic E-state index is 12.3. The number of benzene rings is 1. The number of nitrogens with two attached hydrogens (primary N) is 1. The summed E-state index contributed by atoms with van der Waals surface area (Å²) in [7, 11) is 1.56. The van der Waals surface area contributed by atoms with Crippen LogP contribution in [0.25, 0.3) is 0 Å². The summed E-state index contributed by atoms with van der Waals surface area (Å²) < 4.78 is 10.9. The summed E-state index contributed by atoms with van der Waals surface area (Å²) in [5.74, 6) is 0.319. The van der Waals surface area contributed by atoms with Crippen LogP contribution < -0.4 is 15.2 Å². The predicted octanol–water partition coefficient (Wildman–Crippen LogP) is 1.53. The van der Waals surface area contributed by atoms with Crippen molar-refractivity contribution in [2.75, 3.05) is 26.8 Å². The summed E-state index contributed by atoms with van der Waals surface area (Å²) in [6.45, 7) is 4.61. The van der Waals surface area contributed by atoms with Crippen molar-refractivity contribution < 1.29 is 19.1 Å². The minimum atomic E-state index is -0.354. The number of hydrogen-bond donors (Lipinski definition) is 1. The molecule has 24 heavy (non-hydrogen) atoms.